The molecule has 2 rings (SSSR count). The lowest BCUT2D eigenvalue weighted by Crippen LogP contribution is -2.67. The summed E-state index contributed by atoms with van der Waals surface area (Å²) in [7, 11) is 0. The monoisotopic (exact) mass is 274 g/mol. The van der Waals surface area contributed by atoms with Gasteiger partial charge in [0.1, 0.15) is 12.1 Å². The minimum Gasteiger partial charge on any atom is -0.342 e. The number of nitrogens with zero attached hydrogens (tertiary/aromatic N) is 1. The number of hydrogen-bond donors (Lipinski definition) is 1. The Morgan fingerprint density at radius 3 is 2.30 bits per heavy atom. The third-order valence-electron chi connectivity index (χ3n) is 3.62. The highest BCUT2D eigenvalue weighted by Gasteiger charge is 2.42. The minimum atomic E-state index is -0.472. The number of hydrogen-bond acceptors (Lipinski definition) is 2. The first kappa shape index (κ1) is 14.6. The molecular weight excluding hydrogens is 252 g/mol. The molecule has 108 valence electrons. The molecule has 1 aliphatic heterocycles. The summed E-state index contributed by atoms with van der Waals surface area (Å²) < 4.78 is 0. The van der Waals surface area contributed by atoms with Gasteiger partial charge in [0.15, 0.2) is 0 Å². The summed E-state index contributed by atoms with van der Waals surface area (Å²) in [5, 5.41) is 2.84. The topological polar surface area (TPSA) is 49.4 Å². The van der Waals surface area contributed by atoms with Crippen molar-refractivity contribution in [2.75, 3.05) is 0 Å². The van der Waals surface area contributed by atoms with Gasteiger partial charge in [-0.3, -0.25) is 9.59 Å². The second-order valence-corrected chi connectivity index (χ2v) is 6.31. The molecule has 1 fully saturated rings. The maximum Gasteiger partial charge on any atom is 0.246 e. The van der Waals surface area contributed by atoms with Crippen LogP contribution in [0, 0.1) is 0 Å². The van der Waals surface area contributed by atoms with E-state index >= 15 is 0 Å². The summed E-state index contributed by atoms with van der Waals surface area (Å²) in [6.45, 7) is 7.65. The van der Waals surface area contributed by atoms with Gasteiger partial charge in [-0.2, -0.15) is 0 Å². The fraction of sp³-hybridized carbons (Fsp3) is 0.500. The molecule has 2 amide bonds. The summed E-state index contributed by atoms with van der Waals surface area (Å²) in [5.74, 6) is -0.0890. The van der Waals surface area contributed by atoms with Crippen molar-refractivity contribution in [1.82, 2.24) is 10.2 Å². The summed E-state index contributed by atoms with van der Waals surface area (Å²) >= 11 is 0. The van der Waals surface area contributed by atoms with Crippen molar-refractivity contribution in [2.45, 2.75) is 51.7 Å². The Hall–Kier alpha value is -1.84. The van der Waals surface area contributed by atoms with Crippen molar-refractivity contribution in [1.29, 1.82) is 0 Å². The van der Waals surface area contributed by atoms with Gasteiger partial charge in [0.2, 0.25) is 11.8 Å². The van der Waals surface area contributed by atoms with E-state index in [1.54, 1.807) is 11.8 Å². The van der Waals surface area contributed by atoms with Crippen molar-refractivity contribution in [3.8, 4) is 0 Å². The normalized spacial score (nSPS) is 23.7. The summed E-state index contributed by atoms with van der Waals surface area (Å²) in [4.78, 5) is 26.4. The number of carbonyl (C=O) groups is 2. The Kier molecular flexibility index (Phi) is 3.84. The van der Waals surface area contributed by atoms with Crippen LogP contribution in [0.1, 0.15) is 33.3 Å². The molecule has 1 aromatic rings. The molecule has 0 saturated carbocycles. The first-order chi connectivity index (χ1) is 9.30. The van der Waals surface area contributed by atoms with Gasteiger partial charge in [-0.25, -0.2) is 0 Å². The summed E-state index contributed by atoms with van der Waals surface area (Å²) in [6, 6.07) is 8.87. The van der Waals surface area contributed by atoms with Crippen LogP contribution in [-0.4, -0.2) is 34.3 Å². The predicted octanol–water partition coefficient (Wildman–Crippen LogP) is 1.74. The Bertz CT molecular complexity index is 505. The van der Waals surface area contributed by atoms with E-state index in [9.17, 15) is 9.59 Å². The van der Waals surface area contributed by atoms with Gasteiger partial charge in [-0.15, -0.1) is 0 Å². The van der Waals surface area contributed by atoms with Crippen molar-refractivity contribution < 1.29 is 9.59 Å². The molecule has 1 aliphatic rings. The van der Waals surface area contributed by atoms with E-state index in [2.05, 4.69) is 5.32 Å². The molecule has 20 heavy (non-hydrogen) atoms. The van der Waals surface area contributed by atoms with Crippen LogP contribution in [0.25, 0.3) is 0 Å². The highest BCUT2D eigenvalue weighted by molar-refractivity contribution is 5.97. The molecule has 1 aromatic carbocycles. The fourth-order valence-electron chi connectivity index (χ4n) is 2.73. The van der Waals surface area contributed by atoms with Crippen molar-refractivity contribution in [2.24, 2.45) is 0 Å². The van der Waals surface area contributed by atoms with Crippen LogP contribution >= 0.6 is 0 Å². The Labute approximate surface area is 120 Å². The molecule has 0 aliphatic carbocycles. The van der Waals surface area contributed by atoms with E-state index in [0.717, 1.165) is 5.56 Å². The Morgan fingerprint density at radius 2 is 1.75 bits per heavy atom. The zero-order valence-electron chi connectivity index (χ0n) is 12.5. The summed E-state index contributed by atoms with van der Waals surface area (Å²) in [6.07, 6.45) is 0.532. The van der Waals surface area contributed by atoms with E-state index in [4.69, 9.17) is 0 Å². The van der Waals surface area contributed by atoms with E-state index in [1.165, 1.54) is 0 Å². The smallest absolute Gasteiger partial charge is 0.246 e. The van der Waals surface area contributed by atoms with E-state index < -0.39 is 12.1 Å². The maximum atomic E-state index is 12.6. The first-order valence-electron chi connectivity index (χ1n) is 6.98. The van der Waals surface area contributed by atoms with Gasteiger partial charge in [0, 0.05) is 12.0 Å². The Morgan fingerprint density at radius 1 is 1.15 bits per heavy atom. The third kappa shape index (κ3) is 2.84. The van der Waals surface area contributed by atoms with Gasteiger partial charge in [0.05, 0.1) is 0 Å². The molecule has 2 atom stereocenters. The van der Waals surface area contributed by atoms with Gasteiger partial charge < -0.3 is 10.2 Å². The number of amides is 2. The SMILES string of the molecule is CC1C(=O)NC(Cc2ccccc2)C(=O)N1C(C)(C)C. The average molecular weight is 274 g/mol. The van der Waals surface area contributed by atoms with Gasteiger partial charge >= 0.3 is 0 Å². The number of nitrogens with one attached hydrogen (secondary N) is 1. The zero-order valence-corrected chi connectivity index (χ0v) is 12.5. The van der Waals surface area contributed by atoms with Crippen LogP contribution in [0.3, 0.4) is 0 Å². The Balaban J connectivity index is 2.23. The molecule has 1 heterocycles. The highest BCUT2D eigenvalue weighted by Crippen LogP contribution is 2.23. The van der Waals surface area contributed by atoms with Crippen LogP contribution < -0.4 is 5.32 Å². The first-order valence-corrected chi connectivity index (χ1v) is 6.98. The lowest BCUT2D eigenvalue weighted by molar-refractivity contribution is -0.154. The second kappa shape index (κ2) is 5.27. The molecule has 2 unspecified atom stereocenters. The van der Waals surface area contributed by atoms with Crippen LogP contribution in [0.2, 0.25) is 0 Å². The van der Waals surface area contributed by atoms with Crippen LogP contribution in [-0.2, 0) is 16.0 Å². The van der Waals surface area contributed by atoms with Crippen molar-refractivity contribution in [3.63, 3.8) is 0 Å². The molecule has 4 heteroatoms. The quantitative estimate of drug-likeness (QED) is 0.893. The number of rotatable bonds is 2. The van der Waals surface area contributed by atoms with Crippen molar-refractivity contribution >= 4 is 11.8 Å². The minimum absolute atomic E-state index is 0.00606. The maximum absolute atomic E-state index is 12.6. The van der Waals surface area contributed by atoms with E-state index in [1.807, 2.05) is 51.1 Å². The number of piperazine rings is 1. The third-order valence-corrected chi connectivity index (χ3v) is 3.62. The lowest BCUT2D eigenvalue weighted by atomic mass is 9.95. The van der Waals surface area contributed by atoms with Gasteiger partial charge in [-0.1, -0.05) is 30.3 Å². The van der Waals surface area contributed by atoms with Crippen LogP contribution in [0.15, 0.2) is 30.3 Å². The highest BCUT2D eigenvalue weighted by atomic mass is 16.2. The second-order valence-electron chi connectivity index (χ2n) is 6.31. The molecule has 0 bridgehead atoms. The fourth-order valence-corrected chi connectivity index (χ4v) is 2.73. The zero-order chi connectivity index (χ0) is 14.9. The molecule has 1 N–H and O–H groups in total. The van der Waals surface area contributed by atoms with Crippen LogP contribution in [0.5, 0.6) is 0 Å². The largest absolute Gasteiger partial charge is 0.342 e. The standard InChI is InChI=1S/C16H22N2O2/c1-11-14(19)17-13(10-12-8-6-5-7-9-12)15(20)18(11)16(2,3)4/h5-9,11,13H,10H2,1-4H3,(H,17,19). The molecule has 1 saturated heterocycles. The molecule has 0 aromatic heterocycles. The number of benzene rings is 1. The molecular formula is C16H22N2O2. The van der Waals surface area contributed by atoms with Gasteiger partial charge in [0.25, 0.3) is 0 Å². The predicted molar refractivity (Wildman–Crippen MR) is 78.1 cm³/mol. The average Bonchev–Trinajstić information content (AvgIpc) is 2.36. The molecule has 0 radical (unpaired) electrons. The molecule has 0 spiro atoms. The lowest BCUT2D eigenvalue weighted by Gasteiger charge is -2.45. The summed E-state index contributed by atoms with van der Waals surface area (Å²) in [5.41, 5.74) is 0.693. The number of carbonyl (C=O) groups excluding carboxylic acids is 2. The molecule has 4 nitrogen and oxygen atoms in total. The van der Waals surface area contributed by atoms with E-state index in [-0.39, 0.29) is 17.4 Å². The van der Waals surface area contributed by atoms with Gasteiger partial charge in [-0.05, 0) is 33.3 Å². The van der Waals surface area contributed by atoms with Crippen molar-refractivity contribution in [3.05, 3.63) is 35.9 Å². The van der Waals surface area contributed by atoms with E-state index in [0.29, 0.717) is 6.42 Å². The van der Waals surface area contributed by atoms with Crippen LogP contribution in [0.4, 0.5) is 0 Å².